The molecule has 0 aliphatic rings. The Kier molecular flexibility index (Phi) is 5.46. The van der Waals surface area contributed by atoms with Crippen LogP contribution < -0.4 is 5.32 Å². The molecule has 2 aromatic heterocycles. The number of amides is 1. The molecule has 0 saturated heterocycles. The maximum absolute atomic E-state index is 12.1. The molecule has 2 rings (SSSR count). The molecule has 0 spiro atoms. The number of hydrogen-bond donors (Lipinski definition) is 2. The smallest absolute Gasteiger partial charge is 0.305 e. The van der Waals surface area contributed by atoms with Crippen LogP contribution >= 0.6 is 22.7 Å². The van der Waals surface area contributed by atoms with Crippen molar-refractivity contribution in [3.05, 3.63) is 28.6 Å². The molecule has 7 heteroatoms. The first-order valence-electron chi connectivity index (χ1n) is 6.62. The number of carboxylic acid groups (broad SMARTS) is 1. The quantitative estimate of drug-likeness (QED) is 0.819. The van der Waals surface area contributed by atoms with Crippen LogP contribution in [-0.2, 0) is 4.79 Å². The minimum Gasteiger partial charge on any atom is -0.481 e. The van der Waals surface area contributed by atoms with Crippen molar-refractivity contribution in [3.8, 4) is 9.88 Å². The second-order valence-electron chi connectivity index (χ2n) is 4.57. The zero-order valence-electron chi connectivity index (χ0n) is 11.5. The third kappa shape index (κ3) is 4.37. The van der Waals surface area contributed by atoms with E-state index < -0.39 is 5.97 Å². The molecule has 1 unspecified atom stereocenters. The molecule has 0 aromatic carbocycles. The summed E-state index contributed by atoms with van der Waals surface area (Å²) in [7, 11) is 0. The molecule has 2 aromatic rings. The first-order valence-corrected chi connectivity index (χ1v) is 8.38. The van der Waals surface area contributed by atoms with Crippen molar-refractivity contribution in [2.45, 2.75) is 32.2 Å². The topological polar surface area (TPSA) is 79.3 Å². The Morgan fingerprint density at radius 1 is 1.43 bits per heavy atom. The van der Waals surface area contributed by atoms with E-state index in [1.54, 1.807) is 16.7 Å². The second kappa shape index (κ2) is 7.33. The zero-order valence-corrected chi connectivity index (χ0v) is 13.2. The lowest BCUT2D eigenvalue weighted by Gasteiger charge is -2.15. The molecule has 2 N–H and O–H groups in total. The fourth-order valence-corrected chi connectivity index (χ4v) is 3.55. The summed E-state index contributed by atoms with van der Waals surface area (Å²) in [5, 5.41) is 16.1. The summed E-state index contributed by atoms with van der Waals surface area (Å²) >= 11 is 2.98. The number of rotatable bonds is 7. The number of thiophene rings is 1. The molecule has 0 radical (unpaired) electrons. The van der Waals surface area contributed by atoms with Gasteiger partial charge in [-0.05, 0) is 17.9 Å². The van der Waals surface area contributed by atoms with Crippen molar-refractivity contribution in [2.24, 2.45) is 0 Å². The molecule has 1 atom stereocenters. The van der Waals surface area contributed by atoms with Gasteiger partial charge in [0.25, 0.3) is 5.91 Å². The van der Waals surface area contributed by atoms with Crippen molar-refractivity contribution in [1.82, 2.24) is 10.3 Å². The Balaban J connectivity index is 2.03. The predicted molar refractivity (Wildman–Crippen MR) is 83.8 cm³/mol. The van der Waals surface area contributed by atoms with Crippen LogP contribution in [0.5, 0.6) is 0 Å². The van der Waals surface area contributed by atoms with Gasteiger partial charge >= 0.3 is 5.97 Å². The van der Waals surface area contributed by atoms with E-state index in [4.69, 9.17) is 5.11 Å². The molecular formula is C14H16N2O3S2. The van der Waals surface area contributed by atoms with E-state index in [1.807, 2.05) is 24.4 Å². The summed E-state index contributed by atoms with van der Waals surface area (Å²) in [6.45, 7) is 1.96. The summed E-state index contributed by atoms with van der Waals surface area (Å²) in [4.78, 5) is 28.3. The van der Waals surface area contributed by atoms with Gasteiger partial charge in [-0.1, -0.05) is 19.4 Å². The Morgan fingerprint density at radius 3 is 2.86 bits per heavy atom. The largest absolute Gasteiger partial charge is 0.481 e. The van der Waals surface area contributed by atoms with E-state index >= 15 is 0 Å². The van der Waals surface area contributed by atoms with E-state index in [0.29, 0.717) is 12.1 Å². The van der Waals surface area contributed by atoms with Crippen LogP contribution in [0.3, 0.4) is 0 Å². The Bertz CT molecular complexity index is 608. The lowest BCUT2D eigenvalue weighted by atomic mass is 10.1. The van der Waals surface area contributed by atoms with E-state index in [2.05, 4.69) is 10.3 Å². The minimum atomic E-state index is -0.911. The van der Waals surface area contributed by atoms with Gasteiger partial charge in [0, 0.05) is 11.4 Å². The first-order chi connectivity index (χ1) is 10.1. The number of carbonyl (C=O) groups is 2. The predicted octanol–water partition coefficient (Wildman–Crippen LogP) is 3.24. The summed E-state index contributed by atoms with van der Waals surface area (Å²) in [6, 6.07) is 3.53. The molecule has 21 heavy (non-hydrogen) atoms. The number of aliphatic carboxylic acids is 1. The van der Waals surface area contributed by atoms with Gasteiger partial charge in [-0.3, -0.25) is 9.59 Å². The highest BCUT2D eigenvalue weighted by atomic mass is 32.1. The zero-order chi connectivity index (χ0) is 15.2. The van der Waals surface area contributed by atoms with Crippen LogP contribution in [-0.4, -0.2) is 28.0 Å². The number of aromatic nitrogens is 1. The molecule has 0 aliphatic carbocycles. The summed E-state index contributed by atoms with van der Waals surface area (Å²) < 4.78 is 0. The molecule has 0 saturated carbocycles. The van der Waals surface area contributed by atoms with E-state index in [-0.39, 0.29) is 18.4 Å². The fraction of sp³-hybridized carbons (Fsp3) is 0.357. The number of carbonyl (C=O) groups excluding carboxylic acids is 1. The van der Waals surface area contributed by atoms with Crippen LogP contribution in [0, 0.1) is 0 Å². The van der Waals surface area contributed by atoms with Crippen LogP contribution in [0.15, 0.2) is 22.9 Å². The molecule has 0 aliphatic heterocycles. The number of carboxylic acids is 1. The van der Waals surface area contributed by atoms with Gasteiger partial charge in [-0.2, -0.15) is 0 Å². The third-order valence-electron chi connectivity index (χ3n) is 2.86. The number of nitrogens with one attached hydrogen (secondary N) is 1. The highest BCUT2D eigenvalue weighted by Gasteiger charge is 2.18. The SMILES string of the molecule is CCCC(CC(=O)O)NC(=O)c1csc(-c2cccs2)n1. The second-order valence-corrected chi connectivity index (χ2v) is 6.38. The monoisotopic (exact) mass is 324 g/mol. The van der Waals surface area contributed by atoms with Gasteiger partial charge in [0.15, 0.2) is 0 Å². The maximum atomic E-state index is 12.1. The molecule has 1 amide bonds. The fourth-order valence-electron chi connectivity index (χ4n) is 1.94. The number of hydrogen-bond acceptors (Lipinski definition) is 5. The molecule has 0 fully saturated rings. The molecule has 5 nitrogen and oxygen atoms in total. The Morgan fingerprint density at radius 2 is 2.24 bits per heavy atom. The molecule has 2 heterocycles. The van der Waals surface area contributed by atoms with Crippen molar-refractivity contribution >= 4 is 34.6 Å². The van der Waals surface area contributed by atoms with Crippen LogP contribution in [0.2, 0.25) is 0 Å². The molecule has 0 bridgehead atoms. The third-order valence-corrected chi connectivity index (χ3v) is 4.74. The van der Waals surface area contributed by atoms with Gasteiger partial charge in [-0.25, -0.2) is 4.98 Å². The van der Waals surface area contributed by atoms with Gasteiger partial charge in [0.2, 0.25) is 0 Å². The van der Waals surface area contributed by atoms with E-state index in [1.165, 1.54) is 11.3 Å². The van der Waals surface area contributed by atoms with Crippen molar-refractivity contribution < 1.29 is 14.7 Å². The lowest BCUT2D eigenvalue weighted by molar-refractivity contribution is -0.137. The molecule has 112 valence electrons. The van der Waals surface area contributed by atoms with Crippen molar-refractivity contribution in [3.63, 3.8) is 0 Å². The highest BCUT2D eigenvalue weighted by Crippen LogP contribution is 2.27. The van der Waals surface area contributed by atoms with E-state index in [0.717, 1.165) is 16.3 Å². The highest BCUT2D eigenvalue weighted by molar-refractivity contribution is 7.20. The first kappa shape index (κ1) is 15.7. The van der Waals surface area contributed by atoms with E-state index in [9.17, 15) is 9.59 Å². The summed E-state index contributed by atoms with van der Waals surface area (Å²) in [5.41, 5.74) is 0.342. The minimum absolute atomic E-state index is 0.0680. The summed E-state index contributed by atoms with van der Waals surface area (Å²) in [6.07, 6.45) is 1.39. The average molecular weight is 324 g/mol. The van der Waals surface area contributed by atoms with Crippen LogP contribution in [0.1, 0.15) is 36.7 Å². The normalized spacial score (nSPS) is 12.0. The Hall–Kier alpha value is -1.73. The van der Waals surface area contributed by atoms with Gasteiger partial charge < -0.3 is 10.4 Å². The van der Waals surface area contributed by atoms with Gasteiger partial charge in [0.1, 0.15) is 10.7 Å². The van der Waals surface area contributed by atoms with Crippen LogP contribution in [0.25, 0.3) is 9.88 Å². The number of nitrogens with zero attached hydrogens (tertiary/aromatic N) is 1. The van der Waals surface area contributed by atoms with Crippen LogP contribution in [0.4, 0.5) is 0 Å². The molecular weight excluding hydrogens is 308 g/mol. The van der Waals surface area contributed by atoms with Gasteiger partial charge in [0.05, 0.1) is 11.3 Å². The summed E-state index contributed by atoms with van der Waals surface area (Å²) in [5.74, 6) is -1.22. The maximum Gasteiger partial charge on any atom is 0.305 e. The Labute approximate surface area is 130 Å². The van der Waals surface area contributed by atoms with Crippen molar-refractivity contribution in [1.29, 1.82) is 0 Å². The standard InChI is InChI=1S/C14H16N2O3S2/c1-2-4-9(7-12(17)18)15-13(19)10-8-21-14(16-10)11-5-3-6-20-11/h3,5-6,8-9H,2,4,7H2,1H3,(H,15,19)(H,17,18). The number of thiazole rings is 1. The van der Waals surface area contributed by atoms with Crippen molar-refractivity contribution in [2.75, 3.05) is 0 Å². The lowest BCUT2D eigenvalue weighted by Crippen LogP contribution is -2.36. The average Bonchev–Trinajstić information content (AvgIpc) is 3.09. The van der Waals surface area contributed by atoms with Gasteiger partial charge in [-0.15, -0.1) is 22.7 Å².